The standard InChI is InChI=1S/C10H9BrN2O2S2/c1-15-13-9(14)3-7-5-17-10(12-7)8-2-6(11)4-16-8/h2,4-5H,3H2,1H3,(H,13,14). The summed E-state index contributed by atoms with van der Waals surface area (Å²) in [6.45, 7) is 0. The molecule has 0 atom stereocenters. The number of amides is 1. The summed E-state index contributed by atoms with van der Waals surface area (Å²) >= 11 is 6.56. The second kappa shape index (κ2) is 5.72. The minimum absolute atomic E-state index is 0.197. The molecule has 1 amide bonds. The highest BCUT2D eigenvalue weighted by atomic mass is 79.9. The van der Waals surface area contributed by atoms with Crippen molar-refractivity contribution in [1.29, 1.82) is 0 Å². The highest BCUT2D eigenvalue weighted by molar-refractivity contribution is 9.10. The summed E-state index contributed by atoms with van der Waals surface area (Å²) in [5.41, 5.74) is 3.02. The first-order chi connectivity index (χ1) is 8.19. The third kappa shape index (κ3) is 3.35. The van der Waals surface area contributed by atoms with E-state index in [0.29, 0.717) is 0 Å². The number of thiophene rings is 1. The number of thiazole rings is 1. The van der Waals surface area contributed by atoms with Crippen molar-refractivity contribution < 1.29 is 9.63 Å². The van der Waals surface area contributed by atoms with Crippen molar-refractivity contribution in [3.63, 3.8) is 0 Å². The molecule has 2 aromatic heterocycles. The normalized spacial score (nSPS) is 10.5. The van der Waals surface area contributed by atoms with Crippen LogP contribution in [0.5, 0.6) is 0 Å². The average molecular weight is 333 g/mol. The number of aromatic nitrogens is 1. The Morgan fingerprint density at radius 1 is 1.53 bits per heavy atom. The van der Waals surface area contributed by atoms with E-state index in [1.165, 1.54) is 18.4 Å². The second-order valence-corrected chi connectivity index (χ2v) is 5.86. The first kappa shape index (κ1) is 12.7. The lowest BCUT2D eigenvalue weighted by Crippen LogP contribution is -2.23. The van der Waals surface area contributed by atoms with Crippen LogP contribution in [0.2, 0.25) is 0 Å². The van der Waals surface area contributed by atoms with Gasteiger partial charge >= 0.3 is 0 Å². The van der Waals surface area contributed by atoms with Gasteiger partial charge in [0.05, 0.1) is 24.1 Å². The van der Waals surface area contributed by atoms with E-state index in [-0.39, 0.29) is 12.3 Å². The third-order valence-electron chi connectivity index (χ3n) is 1.89. The Hall–Kier alpha value is -0.760. The van der Waals surface area contributed by atoms with E-state index < -0.39 is 0 Å². The van der Waals surface area contributed by atoms with Crippen molar-refractivity contribution in [2.24, 2.45) is 0 Å². The van der Waals surface area contributed by atoms with Crippen molar-refractivity contribution in [3.05, 3.63) is 27.0 Å². The van der Waals surface area contributed by atoms with Crippen LogP contribution in [0.15, 0.2) is 21.3 Å². The van der Waals surface area contributed by atoms with Gasteiger partial charge in [0.25, 0.3) is 0 Å². The fourth-order valence-corrected chi connectivity index (χ4v) is 3.57. The maximum Gasteiger partial charge on any atom is 0.249 e. The summed E-state index contributed by atoms with van der Waals surface area (Å²) in [6.07, 6.45) is 0.233. The smallest absolute Gasteiger partial charge is 0.249 e. The molecule has 0 spiro atoms. The molecule has 0 aromatic carbocycles. The van der Waals surface area contributed by atoms with Crippen LogP contribution < -0.4 is 5.48 Å². The molecule has 0 fully saturated rings. The number of halogens is 1. The quantitative estimate of drug-likeness (QED) is 0.876. The molecule has 0 unspecified atom stereocenters. The maximum absolute atomic E-state index is 11.3. The van der Waals surface area contributed by atoms with E-state index in [2.05, 4.69) is 31.2 Å². The van der Waals surface area contributed by atoms with Gasteiger partial charge < -0.3 is 0 Å². The molecule has 0 aliphatic rings. The lowest BCUT2D eigenvalue weighted by molar-refractivity contribution is -0.130. The molecule has 17 heavy (non-hydrogen) atoms. The van der Waals surface area contributed by atoms with Crippen LogP contribution >= 0.6 is 38.6 Å². The van der Waals surface area contributed by atoms with Gasteiger partial charge in [-0.3, -0.25) is 9.63 Å². The van der Waals surface area contributed by atoms with Crippen LogP contribution in [0.3, 0.4) is 0 Å². The van der Waals surface area contributed by atoms with E-state index >= 15 is 0 Å². The lowest BCUT2D eigenvalue weighted by Gasteiger charge is -1.98. The van der Waals surface area contributed by atoms with Gasteiger partial charge in [0.1, 0.15) is 5.01 Å². The average Bonchev–Trinajstić information content (AvgIpc) is 2.87. The molecule has 0 saturated carbocycles. The molecule has 0 aliphatic carbocycles. The maximum atomic E-state index is 11.3. The summed E-state index contributed by atoms with van der Waals surface area (Å²) in [7, 11) is 1.41. The Morgan fingerprint density at radius 2 is 2.35 bits per heavy atom. The van der Waals surface area contributed by atoms with Crippen LogP contribution in [0.4, 0.5) is 0 Å². The summed E-state index contributed by atoms with van der Waals surface area (Å²) in [5, 5.41) is 4.83. The van der Waals surface area contributed by atoms with Gasteiger partial charge in [-0.1, -0.05) is 0 Å². The van der Waals surface area contributed by atoms with Crippen LogP contribution in [0.1, 0.15) is 5.69 Å². The molecular formula is C10H9BrN2O2S2. The van der Waals surface area contributed by atoms with Crippen LogP contribution in [0.25, 0.3) is 9.88 Å². The third-order valence-corrected chi connectivity index (χ3v) is 4.64. The molecule has 1 N–H and O–H groups in total. The van der Waals surface area contributed by atoms with Crippen molar-refractivity contribution in [2.45, 2.75) is 6.42 Å². The molecule has 2 heterocycles. The first-order valence-electron chi connectivity index (χ1n) is 4.69. The zero-order valence-electron chi connectivity index (χ0n) is 8.90. The number of rotatable bonds is 4. The monoisotopic (exact) mass is 332 g/mol. The van der Waals surface area contributed by atoms with Crippen molar-refractivity contribution in [1.82, 2.24) is 10.5 Å². The van der Waals surface area contributed by atoms with E-state index in [4.69, 9.17) is 0 Å². The number of nitrogens with one attached hydrogen (secondary N) is 1. The molecule has 4 nitrogen and oxygen atoms in total. The number of hydrogen-bond acceptors (Lipinski definition) is 5. The van der Waals surface area contributed by atoms with E-state index in [9.17, 15) is 4.79 Å². The number of hydrogen-bond donors (Lipinski definition) is 1. The Balaban J connectivity index is 2.08. The molecule has 2 aromatic rings. The zero-order valence-corrected chi connectivity index (χ0v) is 12.1. The summed E-state index contributed by atoms with van der Waals surface area (Å²) < 4.78 is 1.05. The second-order valence-electron chi connectivity index (χ2n) is 3.18. The number of carbonyl (C=O) groups excluding carboxylic acids is 1. The molecular weight excluding hydrogens is 324 g/mol. The van der Waals surface area contributed by atoms with Crippen LogP contribution in [-0.4, -0.2) is 18.0 Å². The highest BCUT2D eigenvalue weighted by Gasteiger charge is 2.10. The Morgan fingerprint density at radius 3 is 3.00 bits per heavy atom. The summed E-state index contributed by atoms with van der Waals surface area (Å²) in [6, 6.07) is 2.02. The molecule has 7 heteroatoms. The lowest BCUT2D eigenvalue weighted by atomic mass is 10.3. The topological polar surface area (TPSA) is 51.2 Å². The Bertz CT molecular complexity index is 524. The predicted octanol–water partition coefficient (Wildman–Crippen LogP) is 2.85. The SMILES string of the molecule is CONC(=O)Cc1csc(-c2cc(Br)cs2)n1. The fourth-order valence-electron chi connectivity index (χ4n) is 1.24. The van der Waals surface area contributed by atoms with Gasteiger partial charge in [0.15, 0.2) is 0 Å². The molecule has 0 aliphatic heterocycles. The van der Waals surface area contributed by atoms with Crippen molar-refractivity contribution in [2.75, 3.05) is 7.11 Å². The number of carbonyl (C=O) groups is 1. The largest absolute Gasteiger partial charge is 0.277 e. The van der Waals surface area contributed by atoms with Gasteiger partial charge in [-0.25, -0.2) is 10.5 Å². The minimum atomic E-state index is -0.197. The minimum Gasteiger partial charge on any atom is -0.277 e. The van der Waals surface area contributed by atoms with Crippen molar-refractivity contribution in [3.8, 4) is 9.88 Å². The molecule has 0 radical (unpaired) electrons. The molecule has 2 rings (SSSR count). The molecule has 90 valence electrons. The van der Waals surface area contributed by atoms with E-state index in [1.54, 1.807) is 11.3 Å². The van der Waals surface area contributed by atoms with Gasteiger partial charge in [0, 0.05) is 15.2 Å². The molecule has 0 bridgehead atoms. The Kier molecular flexibility index (Phi) is 4.27. The number of hydroxylamine groups is 1. The fraction of sp³-hybridized carbons (Fsp3) is 0.200. The van der Waals surface area contributed by atoms with Crippen LogP contribution in [-0.2, 0) is 16.1 Å². The van der Waals surface area contributed by atoms with E-state index in [0.717, 1.165) is 20.1 Å². The zero-order chi connectivity index (χ0) is 12.3. The summed E-state index contributed by atoms with van der Waals surface area (Å²) in [4.78, 5) is 21.3. The molecule has 0 saturated heterocycles. The van der Waals surface area contributed by atoms with Gasteiger partial charge in [-0.15, -0.1) is 22.7 Å². The van der Waals surface area contributed by atoms with Crippen molar-refractivity contribution >= 4 is 44.5 Å². The van der Waals surface area contributed by atoms with Crippen LogP contribution in [0, 0.1) is 0 Å². The van der Waals surface area contributed by atoms with Gasteiger partial charge in [-0.05, 0) is 22.0 Å². The highest BCUT2D eigenvalue weighted by Crippen LogP contribution is 2.31. The van der Waals surface area contributed by atoms with Gasteiger partial charge in [0.2, 0.25) is 5.91 Å². The Labute approximate surface area is 115 Å². The summed E-state index contributed by atoms with van der Waals surface area (Å²) in [5.74, 6) is -0.197. The number of nitrogens with zero attached hydrogens (tertiary/aromatic N) is 1. The van der Waals surface area contributed by atoms with E-state index in [1.807, 2.05) is 16.8 Å². The first-order valence-corrected chi connectivity index (χ1v) is 7.25. The van der Waals surface area contributed by atoms with Gasteiger partial charge in [-0.2, -0.15) is 0 Å². The predicted molar refractivity (Wildman–Crippen MR) is 72.0 cm³/mol.